The molecule has 0 amide bonds. The summed E-state index contributed by atoms with van der Waals surface area (Å²) in [5, 5.41) is 1.87. The standard InChI is InChI=1S/C14H16OS/c1-12-7-5-6-8-13(12)11-16(15)14-9-3-2-4-10-14/h2-4,9-11H,1,5-8H2/b13-11+. The Hall–Kier alpha value is -1.15. The highest BCUT2D eigenvalue weighted by molar-refractivity contribution is 7.88. The molecule has 1 nitrogen and oxygen atoms in total. The Bertz CT molecular complexity index is 431. The topological polar surface area (TPSA) is 17.1 Å². The lowest BCUT2D eigenvalue weighted by Gasteiger charge is -2.16. The third-order valence-electron chi connectivity index (χ3n) is 2.85. The fourth-order valence-electron chi connectivity index (χ4n) is 1.89. The fraction of sp³-hybridized carbons (Fsp3) is 0.286. The molecule has 1 unspecified atom stereocenters. The van der Waals surface area contributed by atoms with Gasteiger partial charge in [-0.15, -0.1) is 0 Å². The van der Waals surface area contributed by atoms with Crippen molar-refractivity contribution in [3.63, 3.8) is 0 Å². The van der Waals surface area contributed by atoms with Crippen molar-refractivity contribution in [2.75, 3.05) is 0 Å². The summed E-state index contributed by atoms with van der Waals surface area (Å²) < 4.78 is 12.1. The summed E-state index contributed by atoms with van der Waals surface area (Å²) in [7, 11) is -1.02. The molecular formula is C14H16OS. The fourth-order valence-corrected chi connectivity index (χ4v) is 2.99. The first-order chi connectivity index (χ1) is 7.77. The lowest BCUT2D eigenvalue weighted by atomic mass is 9.92. The molecule has 1 saturated carbocycles. The molecule has 2 heteroatoms. The highest BCUT2D eigenvalue weighted by Gasteiger charge is 2.11. The molecule has 2 rings (SSSR count). The number of hydrogen-bond donors (Lipinski definition) is 0. The average molecular weight is 232 g/mol. The molecule has 0 spiro atoms. The second kappa shape index (κ2) is 5.26. The smallest absolute Gasteiger partial charge is 0.0778 e. The van der Waals surface area contributed by atoms with Gasteiger partial charge in [-0.25, -0.2) is 4.21 Å². The van der Waals surface area contributed by atoms with Crippen LogP contribution < -0.4 is 0 Å². The summed E-state index contributed by atoms with van der Waals surface area (Å²) in [6.45, 7) is 4.04. The van der Waals surface area contributed by atoms with Gasteiger partial charge in [-0.3, -0.25) is 0 Å². The molecule has 1 aliphatic carbocycles. The normalized spacial score (nSPS) is 21.0. The van der Waals surface area contributed by atoms with Crippen molar-refractivity contribution >= 4 is 10.8 Å². The zero-order chi connectivity index (χ0) is 11.4. The number of benzene rings is 1. The summed E-state index contributed by atoms with van der Waals surface area (Å²) in [5.41, 5.74) is 2.35. The van der Waals surface area contributed by atoms with Crippen LogP contribution >= 0.6 is 0 Å². The van der Waals surface area contributed by atoms with Gasteiger partial charge < -0.3 is 0 Å². The molecule has 84 valence electrons. The van der Waals surface area contributed by atoms with Crippen molar-refractivity contribution < 1.29 is 4.21 Å². The Kier molecular flexibility index (Phi) is 3.73. The lowest BCUT2D eigenvalue weighted by molar-refractivity contribution is 0.677. The largest absolute Gasteiger partial charge is 0.250 e. The third-order valence-corrected chi connectivity index (χ3v) is 4.09. The summed E-state index contributed by atoms with van der Waals surface area (Å²) in [6.07, 6.45) is 4.49. The van der Waals surface area contributed by atoms with Crippen LogP contribution in [-0.2, 0) is 10.8 Å². The van der Waals surface area contributed by atoms with Crippen LogP contribution in [0.25, 0.3) is 0 Å². The first-order valence-corrected chi connectivity index (χ1v) is 6.83. The van der Waals surface area contributed by atoms with Crippen molar-refractivity contribution in [1.29, 1.82) is 0 Å². The average Bonchev–Trinajstić information content (AvgIpc) is 2.33. The molecule has 0 bridgehead atoms. The van der Waals surface area contributed by atoms with Crippen LogP contribution in [0, 0.1) is 0 Å². The molecule has 0 N–H and O–H groups in total. The van der Waals surface area contributed by atoms with Gasteiger partial charge in [0.1, 0.15) is 0 Å². The predicted octanol–water partition coefficient (Wildman–Crippen LogP) is 3.81. The van der Waals surface area contributed by atoms with E-state index in [0.29, 0.717) is 0 Å². The van der Waals surface area contributed by atoms with Gasteiger partial charge in [-0.1, -0.05) is 30.4 Å². The van der Waals surface area contributed by atoms with Crippen LogP contribution in [-0.4, -0.2) is 4.21 Å². The molecule has 0 heterocycles. The van der Waals surface area contributed by atoms with E-state index in [1.165, 1.54) is 18.4 Å². The molecule has 1 aliphatic rings. The Balaban J connectivity index is 2.17. The van der Waals surface area contributed by atoms with Crippen molar-refractivity contribution in [2.45, 2.75) is 30.6 Å². The van der Waals surface area contributed by atoms with E-state index in [1.807, 2.05) is 35.7 Å². The van der Waals surface area contributed by atoms with Crippen LogP contribution in [0.5, 0.6) is 0 Å². The van der Waals surface area contributed by atoms with Crippen molar-refractivity contribution in [3.8, 4) is 0 Å². The molecule has 16 heavy (non-hydrogen) atoms. The minimum absolute atomic E-state index is 0.869. The predicted molar refractivity (Wildman–Crippen MR) is 68.5 cm³/mol. The van der Waals surface area contributed by atoms with E-state index < -0.39 is 10.8 Å². The SMILES string of the molecule is C=C1CCCC/C1=C\S(=O)c1ccccc1. The maximum absolute atomic E-state index is 12.1. The van der Waals surface area contributed by atoms with E-state index in [9.17, 15) is 4.21 Å². The number of rotatable bonds is 2. The Morgan fingerprint density at radius 1 is 1.12 bits per heavy atom. The van der Waals surface area contributed by atoms with E-state index in [4.69, 9.17) is 0 Å². The first kappa shape index (κ1) is 11.3. The first-order valence-electron chi connectivity index (χ1n) is 5.62. The van der Waals surface area contributed by atoms with Gasteiger partial charge in [-0.2, -0.15) is 0 Å². The van der Waals surface area contributed by atoms with E-state index in [1.54, 1.807) is 0 Å². The molecule has 1 aromatic carbocycles. The van der Waals surface area contributed by atoms with Crippen molar-refractivity contribution in [2.24, 2.45) is 0 Å². The van der Waals surface area contributed by atoms with E-state index in [-0.39, 0.29) is 0 Å². The maximum Gasteiger partial charge on any atom is 0.0778 e. The zero-order valence-electron chi connectivity index (χ0n) is 9.32. The Morgan fingerprint density at radius 2 is 1.81 bits per heavy atom. The lowest BCUT2D eigenvalue weighted by Crippen LogP contribution is -1.99. The van der Waals surface area contributed by atoms with Crippen molar-refractivity contribution in [1.82, 2.24) is 0 Å². The van der Waals surface area contributed by atoms with Gasteiger partial charge in [0, 0.05) is 10.3 Å². The molecule has 0 radical (unpaired) electrons. The molecule has 0 aliphatic heterocycles. The molecule has 0 saturated heterocycles. The zero-order valence-corrected chi connectivity index (χ0v) is 10.1. The van der Waals surface area contributed by atoms with Crippen LogP contribution in [0.2, 0.25) is 0 Å². The minimum Gasteiger partial charge on any atom is -0.250 e. The Morgan fingerprint density at radius 3 is 2.50 bits per heavy atom. The van der Waals surface area contributed by atoms with Gasteiger partial charge in [0.2, 0.25) is 0 Å². The molecule has 1 aromatic rings. The van der Waals surface area contributed by atoms with Gasteiger partial charge >= 0.3 is 0 Å². The third kappa shape index (κ3) is 2.70. The maximum atomic E-state index is 12.1. The van der Waals surface area contributed by atoms with Crippen LogP contribution in [0.15, 0.2) is 58.4 Å². The van der Waals surface area contributed by atoms with E-state index in [2.05, 4.69) is 6.58 Å². The second-order valence-electron chi connectivity index (χ2n) is 4.06. The van der Waals surface area contributed by atoms with Gasteiger partial charge in [-0.05, 0) is 43.4 Å². The Labute approximate surface area is 99.3 Å². The summed E-state index contributed by atoms with van der Waals surface area (Å²) in [4.78, 5) is 0.869. The molecule has 0 aromatic heterocycles. The van der Waals surface area contributed by atoms with Gasteiger partial charge in [0.25, 0.3) is 0 Å². The second-order valence-corrected chi connectivity index (χ2v) is 5.37. The molecule has 1 atom stereocenters. The van der Waals surface area contributed by atoms with E-state index >= 15 is 0 Å². The monoisotopic (exact) mass is 232 g/mol. The summed E-state index contributed by atoms with van der Waals surface area (Å²) in [6, 6.07) is 9.58. The molecule has 1 fully saturated rings. The highest BCUT2D eigenvalue weighted by atomic mass is 32.2. The highest BCUT2D eigenvalue weighted by Crippen LogP contribution is 2.28. The van der Waals surface area contributed by atoms with E-state index in [0.717, 1.165) is 23.3 Å². The van der Waals surface area contributed by atoms with Crippen LogP contribution in [0.4, 0.5) is 0 Å². The van der Waals surface area contributed by atoms with Crippen LogP contribution in [0.3, 0.4) is 0 Å². The number of hydrogen-bond acceptors (Lipinski definition) is 1. The van der Waals surface area contributed by atoms with Gasteiger partial charge in [0.05, 0.1) is 10.8 Å². The summed E-state index contributed by atoms with van der Waals surface area (Å²) >= 11 is 0. The molecular weight excluding hydrogens is 216 g/mol. The minimum atomic E-state index is -1.02. The van der Waals surface area contributed by atoms with Crippen molar-refractivity contribution in [3.05, 3.63) is 53.5 Å². The quantitative estimate of drug-likeness (QED) is 0.758. The van der Waals surface area contributed by atoms with Gasteiger partial charge in [0.15, 0.2) is 0 Å². The van der Waals surface area contributed by atoms with Crippen LogP contribution in [0.1, 0.15) is 25.7 Å². The number of allylic oxidation sites excluding steroid dienone is 2. The summed E-state index contributed by atoms with van der Waals surface area (Å²) in [5.74, 6) is 0.